The van der Waals surface area contributed by atoms with E-state index >= 15 is 0 Å². The SMILES string of the molecule is C[C@]1(c2cccc(C(=O)O)c2O)[B]C1. The van der Waals surface area contributed by atoms with Crippen LogP contribution in [0.1, 0.15) is 22.8 Å². The Kier molecular flexibility index (Phi) is 1.81. The summed E-state index contributed by atoms with van der Waals surface area (Å²) in [5, 5.41) is 18.4. The van der Waals surface area contributed by atoms with E-state index in [0.29, 0.717) is 5.56 Å². The third-order valence-corrected chi connectivity index (χ3v) is 2.70. The molecule has 2 N–H and O–H groups in total. The first-order chi connectivity index (χ1) is 6.54. The summed E-state index contributed by atoms with van der Waals surface area (Å²) in [6.07, 6.45) is 0.892. The topological polar surface area (TPSA) is 57.5 Å². The van der Waals surface area contributed by atoms with Crippen LogP contribution in [0.3, 0.4) is 0 Å². The Labute approximate surface area is 82.6 Å². The predicted molar refractivity (Wildman–Crippen MR) is 53.0 cm³/mol. The molecule has 1 aromatic carbocycles. The van der Waals surface area contributed by atoms with Crippen molar-refractivity contribution in [1.82, 2.24) is 0 Å². The van der Waals surface area contributed by atoms with Crippen molar-refractivity contribution in [3.8, 4) is 5.75 Å². The maximum Gasteiger partial charge on any atom is 0.339 e. The zero-order valence-electron chi connectivity index (χ0n) is 7.82. The van der Waals surface area contributed by atoms with Crippen molar-refractivity contribution >= 4 is 13.2 Å². The van der Waals surface area contributed by atoms with Crippen LogP contribution in [0.15, 0.2) is 18.2 Å². The molecule has 0 saturated carbocycles. The second kappa shape index (κ2) is 2.77. The van der Waals surface area contributed by atoms with Crippen LogP contribution >= 0.6 is 0 Å². The Morgan fingerprint density at radius 3 is 2.71 bits per heavy atom. The molecule has 2 rings (SSSR count). The Hall–Kier alpha value is -1.45. The predicted octanol–water partition coefficient (Wildman–Crippen LogP) is 1.44. The van der Waals surface area contributed by atoms with Crippen molar-refractivity contribution < 1.29 is 15.0 Å². The molecule has 1 saturated heterocycles. The van der Waals surface area contributed by atoms with Gasteiger partial charge in [-0.1, -0.05) is 25.4 Å². The van der Waals surface area contributed by atoms with Gasteiger partial charge in [-0.05, 0) is 16.9 Å². The van der Waals surface area contributed by atoms with Crippen molar-refractivity contribution in [2.24, 2.45) is 0 Å². The molecule has 14 heavy (non-hydrogen) atoms. The summed E-state index contributed by atoms with van der Waals surface area (Å²) in [5.74, 6) is -1.19. The van der Waals surface area contributed by atoms with Crippen LogP contribution in [0.5, 0.6) is 5.75 Å². The monoisotopic (exact) mass is 189 g/mol. The van der Waals surface area contributed by atoms with Gasteiger partial charge in [0.15, 0.2) is 0 Å². The van der Waals surface area contributed by atoms with E-state index in [0.717, 1.165) is 6.32 Å². The maximum absolute atomic E-state index is 10.8. The fourth-order valence-electron chi connectivity index (χ4n) is 1.55. The summed E-state index contributed by atoms with van der Waals surface area (Å²) in [5.41, 5.74) is 0.682. The van der Waals surface area contributed by atoms with Crippen molar-refractivity contribution in [3.63, 3.8) is 0 Å². The van der Waals surface area contributed by atoms with Crippen molar-refractivity contribution in [1.29, 1.82) is 0 Å². The minimum absolute atomic E-state index is 0.0241. The molecule has 0 unspecified atom stereocenters. The molecule has 0 aliphatic carbocycles. The highest BCUT2D eigenvalue weighted by atomic mass is 16.4. The van der Waals surface area contributed by atoms with Gasteiger partial charge in [-0.3, -0.25) is 0 Å². The van der Waals surface area contributed by atoms with Gasteiger partial charge < -0.3 is 10.2 Å². The third-order valence-electron chi connectivity index (χ3n) is 2.70. The first-order valence-corrected chi connectivity index (χ1v) is 4.45. The summed E-state index contributed by atoms with van der Waals surface area (Å²) in [4.78, 5) is 10.8. The molecule has 1 aliphatic heterocycles. The second-order valence-electron chi connectivity index (χ2n) is 3.83. The van der Waals surface area contributed by atoms with Gasteiger partial charge in [0.25, 0.3) is 0 Å². The van der Waals surface area contributed by atoms with E-state index in [1.54, 1.807) is 12.1 Å². The van der Waals surface area contributed by atoms with Gasteiger partial charge in [0.05, 0.1) is 0 Å². The summed E-state index contributed by atoms with van der Waals surface area (Å²) in [6, 6.07) is 4.84. The number of rotatable bonds is 2. The number of phenols is 1. The zero-order valence-corrected chi connectivity index (χ0v) is 7.82. The van der Waals surface area contributed by atoms with Crippen molar-refractivity contribution in [2.45, 2.75) is 18.6 Å². The van der Waals surface area contributed by atoms with E-state index in [-0.39, 0.29) is 16.6 Å². The molecule has 1 fully saturated rings. The number of hydrogen-bond donors (Lipinski definition) is 2. The van der Waals surface area contributed by atoms with Gasteiger partial charge in [-0.25, -0.2) is 4.79 Å². The standard InChI is InChI=1S/C10H10BO3/c1-10(5-11-10)7-4-2-3-6(8(7)12)9(13)14/h2-4,12H,5H2,1H3,(H,13,14)/t10-/m0/s1. The normalized spacial score (nSPS) is 24.1. The number of aromatic hydroxyl groups is 1. The Balaban J connectivity index is 2.52. The molecule has 1 aliphatic rings. The third kappa shape index (κ3) is 1.27. The summed E-state index contributed by atoms with van der Waals surface area (Å²) in [6.45, 7) is 1.98. The maximum atomic E-state index is 10.8. The van der Waals surface area contributed by atoms with E-state index in [9.17, 15) is 9.90 Å². The quantitative estimate of drug-likeness (QED) is 0.692. The number of benzene rings is 1. The highest BCUT2D eigenvalue weighted by Gasteiger charge is 2.42. The van der Waals surface area contributed by atoms with E-state index in [1.807, 2.05) is 14.2 Å². The molecular weight excluding hydrogens is 179 g/mol. The number of para-hydroxylation sites is 1. The minimum atomic E-state index is -1.09. The van der Waals surface area contributed by atoms with Crippen molar-refractivity contribution in [2.75, 3.05) is 0 Å². The minimum Gasteiger partial charge on any atom is -0.507 e. The van der Waals surface area contributed by atoms with Gasteiger partial charge in [-0.15, -0.1) is 0 Å². The number of aromatic carboxylic acids is 1. The van der Waals surface area contributed by atoms with Crippen LogP contribution in [0.25, 0.3) is 0 Å². The lowest BCUT2D eigenvalue weighted by Gasteiger charge is -2.13. The van der Waals surface area contributed by atoms with E-state index in [2.05, 4.69) is 0 Å². The van der Waals surface area contributed by atoms with Crippen LogP contribution in [-0.4, -0.2) is 23.5 Å². The Morgan fingerprint density at radius 2 is 2.21 bits per heavy atom. The van der Waals surface area contributed by atoms with E-state index in [4.69, 9.17) is 5.11 Å². The van der Waals surface area contributed by atoms with Crippen LogP contribution in [0, 0.1) is 0 Å². The molecule has 1 heterocycles. The van der Waals surface area contributed by atoms with Gasteiger partial charge in [-0.2, -0.15) is 0 Å². The fourth-order valence-corrected chi connectivity index (χ4v) is 1.55. The van der Waals surface area contributed by atoms with E-state index < -0.39 is 5.97 Å². The molecular formula is C10H10BO3. The largest absolute Gasteiger partial charge is 0.507 e. The molecule has 0 spiro atoms. The summed E-state index contributed by atoms with van der Waals surface area (Å²) in [7, 11) is 2.05. The molecule has 0 amide bonds. The molecule has 0 bridgehead atoms. The van der Waals surface area contributed by atoms with Crippen LogP contribution < -0.4 is 0 Å². The molecule has 3 nitrogen and oxygen atoms in total. The van der Waals surface area contributed by atoms with Gasteiger partial charge in [0.1, 0.15) is 18.6 Å². The van der Waals surface area contributed by atoms with E-state index in [1.165, 1.54) is 6.07 Å². The zero-order chi connectivity index (χ0) is 10.3. The first-order valence-electron chi connectivity index (χ1n) is 4.45. The van der Waals surface area contributed by atoms with Crippen LogP contribution in [0.4, 0.5) is 0 Å². The lowest BCUT2D eigenvalue weighted by atomic mass is 9.82. The number of hydrogen-bond acceptors (Lipinski definition) is 2. The lowest BCUT2D eigenvalue weighted by Crippen LogP contribution is -2.06. The fraction of sp³-hybridized carbons (Fsp3) is 0.300. The molecule has 71 valence electrons. The molecule has 1 radical (unpaired) electrons. The lowest BCUT2D eigenvalue weighted by molar-refractivity contribution is 0.0693. The molecule has 4 heteroatoms. The number of carboxylic acid groups (broad SMARTS) is 1. The van der Waals surface area contributed by atoms with Gasteiger partial charge in [0.2, 0.25) is 0 Å². The van der Waals surface area contributed by atoms with Crippen LogP contribution in [-0.2, 0) is 5.31 Å². The Bertz CT molecular complexity index is 396. The number of carboxylic acids is 1. The van der Waals surface area contributed by atoms with Gasteiger partial charge in [0, 0.05) is 0 Å². The number of carbonyl (C=O) groups is 1. The average Bonchev–Trinajstić information content (AvgIpc) is 2.84. The van der Waals surface area contributed by atoms with Crippen molar-refractivity contribution in [3.05, 3.63) is 29.3 Å². The molecule has 0 aromatic heterocycles. The molecule has 1 atom stereocenters. The highest BCUT2D eigenvalue weighted by Crippen LogP contribution is 2.45. The van der Waals surface area contributed by atoms with Gasteiger partial charge >= 0.3 is 5.97 Å². The Morgan fingerprint density at radius 1 is 1.57 bits per heavy atom. The second-order valence-corrected chi connectivity index (χ2v) is 3.83. The first kappa shape index (κ1) is 9.12. The average molecular weight is 189 g/mol. The highest BCUT2D eigenvalue weighted by molar-refractivity contribution is 6.54. The summed E-state index contributed by atoms with van der Waals surface area (Å²) >= 11 is 0. The molecule has 1 aromatic rings. The smallest absolute Gasteiger partial charge is 0.339 e. The summed E-state index contributed by atoms with van der Waals surface area (Å²) < 4.78 is 0. The van der Waals surface area contributed by atoms with Crippen LogP contribution in [0.2, 0.25) is 6.32 Å².